The molecule has 1 aromatic heterocycles. The second-order valence-electron chi connectivity index (χ2n) is 3.99. The Kier molecular flexibility index (Phi) is 2.22. The Labute approximate surface area is 95.7 Å². The highest BCUT2D eigenvalue weighted by Gasteiger charge is 2.20. The molecule has 0 bridgehead atoms. The predicted octanol–water partition coefficient (Wildman–Crippen LogP) is 2.84. The third-order valence-electron chi connectivity index (χ3n) is 2.90. The molecule has 2 aromatic rings. The first kappa shape index (κ1) is 9.22. The topological polar surface area (TPSA) is 3.88 Å². The van der Waals surface area contributed by atoms with Crippen LogP contribution in [0.25, 0.3) is 5.57 Å². The van der Waals surface area contributed by atoms with Crippen molar-refractivity contribution in [3.05, 3.63) is 78.6 Å². The van der Waals surface area contributed by atoms with E-state index in [9.17, 15) is 0 Å². The quantitative estimate of drug-likeness (QED) is 0.526. The highest BCUT2D eigenvalue weighted by Crippen LogP contribution is 2.33. The Hall–Kier alpha value is -2.02. The van der Waals surface area contributed by atoms with Gasteiger partial charge in [0.05, 0.1) is 18.4 Å². The fourth-order valence-corrected chi connectivity index (χ4v) is 1.96. The Morgan fingerprint density at radius 2 is 1.50 bits per heavy atom. The fraction of sp³-hybridized carbons (Fsp3) is 0.0667. The molecule has 78 valence electrons. The van der Waals surface area contributed by atoms with Crippen LogP contribution in [-0.4, -0.2) is 0 Å². The van der Waals surface area contributed by atoms with Crippen LogP contribution in [0.2, 0.25) is 0 Å². The SMILES string of the molecule is C1=C(c2ccccc2)C[C-]1[n+]1ccccc1. The van der Waals surface area contributed by atoms with Gasteiger partial charge in [0.25, 0.3) is 0 Å². The summed E-state index contributed by atoms with van der Waals surface area (Å²) in [6, 6.07) is 18.1. The van der Waals surface area contributed by atoms with Gasteiger partial charge < -0.3 is 0 Å². The minimum Gasteiger partial charge on any atom is -0.292 e. The molecule has 3 rings (SSSR count). The first-order valence-corrected chi connectivity index (χ1v) is 5.52. The Balaban J connectivity index is 1.81. The number of nitrogens with zero attached hydrogens (tertiary/aromatic N) is 1. The van der Waals surface area contributed by atoms with Crippen molar-refractivity contribution in [3.8, 4) is 0 Å². The molecule has 1 aromatic carbocycles. The Morgan fingerprint density at radius 3 is 2.19 bits per heavy atom. The lowest BCUT2D eigenvalue weighted by Crippen LogP contribution is -2.41. The molecular formula is C15H13N. The van der Waals surface area contributed by atoms with E-state index in [0.717, 1.165) is 6.42 Å². The second-order valence-corrected chi connectivity index (χ2v) is 3.99. The third-order valence-corrected chi connectivity index (χ3v) is 2.90. The van der Waals surface area contributed by atoms with Gasteiger partial charge in [0.2, 0.25) is 0 Å². The number of allylic oxidation sites excluding steroid dienone is 2. The summed E-state index contributed by atoms with van der Waals surface area (Å²) in [6.45, 7) is 0. The molecule has 0 spiro atoms. The van der Waals surface area contributed by atoms with Gasteiger partial charge in [-0.1, -0.05) is 48.0 Å². The summed E-state index contributed by atoms with van der Waals surface area (Å²) in [5.74, 6) is 0. The average Bonchev–Trinajstić information content (AvgIpc) is 2.30. The van der Waals surface area contributed by atoms with Crippen LogP contribution in [0.3, 0.4) is 0 Å². The molecule has 0 saturated carbocycles. The number of rotatable bonds is 2. The average molecular weight is 207 g/mol. The van der Waals surface area contributed by atoms with E-state index < -0.39 is 0 Å². The number of pyridine rings is 1. The molecule has 1 heterocycles. The van der Waals surface area contributed by atoms with Gasteiger partial charge in [0, 0.05) is 0 Å². The molecule has 0 unspecified atom stereocenters. The monoisotopic (exact) mass is 207 g/mol. The van der Waals surface area contributed by atoms with Gasteiger partial charge in [-0.25, -0.2) is 0 Å². The lowest BCUT2D eigenvalue weighted by atomic mass is 9.87. The summed E-state index contributed by atoms with van der Waals surface area (Å²) in [4.78, 5) is 0. The zero-order valence-corrected chi connectivity index (χ0v) is 9.01. The van der Waals surface area contributed by atoms with Crippen molar-refractivity contribution in [1.82, 2.24) is 0 Å². The van der Waals surface area contributed by atoms with Crippen LogP contribution in [0.1, 0.15) is 12.0 Å². The van der Waals surface area contributed by atoms with Crippen LogP contribution < -0.4 is 4.57 Å². The minimum atomic E-state index is 1.05. The molecule has 0 amide bonds. The molecule has 1 heteroatoms. The van der Waals surface area contributed by atoms with Crippen LogP contribution in [0.5, 0.6) is 0 Å². The van der Waals surface area contributed by atoms with Crippen LogP contribution in [0.15, 0.2) is 67.0 Å². The van der Waals surface area contributed by atoms with E-state index in [1.54, 1.807) is 0 Å². The highest BCUT2D eigenvalue weighted by molar-refractivity contribution is 5.74. The lowest BCUT2D eigenvalue weighted by molar-refractivity contribution is -0.653. The van der Waals surface area contributed by atoms with E-state index in [1.807, 2.05) is 6.07 Å². The van der Waals surface area contributed by atoms with Crippen LogP contribution in [0.4, 0.5) is 0 Å². The summed E-state index contributed by atoms with van der Waals surface area (Å²) >= 11 is 0. The van der Waals surface area contributed by atoms with Gasteiger partial charge in [-0.3, -0.25) is 4.57 Å². The van der Waals surface area contributed by atoms with Gasteiger partial charge in [-0.2, -0.15) is 0 Å². The standard InChI is InChI=1S/C15H13N/c1-3-7-13(8-4-1)14-11-15(12-14)16-9-5-2-6-10-16/h1-11H,12H2. The van der Waals surface area contributed by atoms with Crippen molar-refractivity contribution in [1.29, 1.82) is 0 Å². The van der Waals surface area contributed by atoms with Crippen LogP contribution in [0, 0.1) is 6.04 Å². The summed E-state index contributed by atoms with van der Waals surface area (Å²) in [6.07, 6.45) is 7.50. The van der Waals surface area contributed by atoms with Crippen molar-refractivity contribution >= 4 is 5.57 Å². The highest BCUT2D eigenvalue weighted by atomic mass is 15.0. The zero-order chi connectivity index (χ0) is 10.8. The van der Waals surface area contributed by atoms with Gasteiger partial charge in [-0.15, -0.1) is 5.57 Å². The van der Waals surface area contributed by atoms with Gasteiger partial charge in [-0.05, 0) is 18.6 Å². The van der Waals surface area contributed by atoms with Gasteiger partial charge >= 0.3 is 0 Å². The molecule has 0 fully saturated rings. The van der Waals surface area contributed by atoms with Crippen molar-refractivity contribution < 1.29 is 4.57 Å². The predicted molar refractivity (Wildman–Crippen MR) is 64.3 cm³/mol. The van der Waals surface area contributed by atoms with Crippen LogP contribution >= 0.6 is 0 Å². The molecule has 1 nitrogen and oxygen atoms in total. The molecule has 0 N–H and O–H groups in total. The lowest BCUT2D eigenvalue weighted by Gasteiger charge is -2.27. The maximum atomic E-state index is 2.26. The second kappa shape index (κ2) is 3.86. The molecule has 0 atom stereocenters. The van der Waals surface area contributed by atoms with Gasteiger partial charge in [0.15, 0.2) is 0 Å². The van der Waals surface area contributed by atoms with Gasteiger partial charge in [0.1, 0.15) is 0 Å². The molecule has 0 radical (unpaired) electrons. The Bertz CT molecular complexity index is 499. The maximum Gasteiger partial charge on any atom is 0.0963 e. The molecular weight excluding hydrogens is 194 g/mol. The van der Waals surface area contributed by atoms with Crippen molar-refractivity contribution in [2.45, 2.75) is 6.42 Å². The smallest absolute Gasteiger partial charge is 0.0963 e. The molecule has 0 saturated heterocycles. The van der Waals surface area contributed by atoms with E-state index in [-0.39, 0.29) is 0 Å². The summed E-state index contributed by atoms with van der Waals surface area (Å²) in [5, 5.41) is 0. The van der Waals surface area contributed by atoms with Crippen molar-refractivity contribution in [2.24, 2.45) is 0 Å². The maximum absolute atomic E-state index is 2.26. The number of hydrogen-bond donors (Lipinski definition) is 0. The molecule has 1 aliphatic carbocycles. The van der Waals surface area contributed by atoms with Crippen LogP contribution in [-0.2, 0) is 0 Å². The normalized spacial score (nSPS) is 14.2. The number of hydrogen-bond acceptors (Lipinski definition) is 0. The first-order valence-electron chi connectivity index (χ1n) is 5.52. The fourth-order valence-electron chi connectivity index (χ4n) is 1.96. The largest absolute Gasteiger partial charge is 0.292 e. The Morgan fingerprint density at radius 1 is 0.875 bits per heavy atom. The van der Waals surface area contributed by atoms with Crippen molar-refractivity contribution in [3.63, 3.8) is 0 Å². The van der Waals surface area contributed by atoms with E-state index in [4.69, 9.17) is 0 Å². The van der Waals surface area contributed by atoms with Crippen molar-refractivity contribution in [2.75, 3.05) is 0 Å². The number of aromatic nitrogens is 1. The van der Waals surface area contributed by atoms with E-state index in [1.165, 1.54) is 17.2 Å². The zero-order valence-electron chi connectivity index (χ0n) is 9.01. The summed E-state index contributed by atoms with van der Waals surface area (Å²) in [7, 11) is 0. The molecule has 1 aliphatic rings. The molecule has 16 heavy (non-hydrogen) atoms. The molecule has 0 aliphatic heterocycles. The first-order chi connectivity index (χ1) is 7.93. The van der Waals surface area contributed by atoms with E-state index in [2.05, 4.69) is 65.5 Å². The summed E-state index contributed by atoms with van der Waals surface area (Å²) in [5.41, 5.74) is 2.76. The number of benzene rings is 1. The van der Waals surface area contributed by atoms with E-state index in [0.29, 0.717) is 0 Å². The summed E-state index contributed by atoms with van der Waals surface area (Å²) < 4.78 is 2.17. The van der Waals surface area contributed by atoms with E-state index >= 15 is 0 Å². The third kappa shape index (κ3) is 1.61. The minimum absolute atomic E-state index is 1.05.